The van der Waals surface area contributed by atoms with Crippen molar-refractivity contribution in [1.29, 1.82) is 0 Å². The van der Waals surface area contributed by atoms with Crippen LogP contribution < -0.4 is 0 Å². The Balaban J connectivity index is 3.52. The third-order valence-electron chi connectivity index (χ3n) is 1.41. The Morgan fingerprint density at radius 3 is 2.93 bits per heavy atom. The Labute approximate surface area is 90.3 Å². The lowest BCUT2D eigenvalue weighted by molar-refractivity contribution is -0.135. The van der Waals surface area contributed by atoms with Crippen molar-refractivity contribution in [2.75, 3.05) is 12.5 Å². The summed E-state index contributed by atoms with van der Waals surface area (Å²) in [5, 5.41) is 0. The first-order chi connectivity index (χ1) is 6.81. The van der Waals surface area contributed by atoms with Gasteiger partial charge in [-0.25, -0.2) is 4.79 Å². The maximum Gasteiger partial charge on any atom is 0.384 e. The quantitative estimate of drug-likeness (QED) is 0.176. The highest BCUT2D eigenvalue weighted by molar-refractivity contribution is 6.18. The van der Waals surface area contributed by atoms with Gasteiger partial charge in [0.25, 0.3) is 0 Å². The minimum Gasteiger partial charge on any atom is -0.452 e. The number of hydrogen-bond acceptors (Lipinski definition) is 2. The van der Waals surface area contributed by atoms with Crippen molar-refractivity contribution >= 4 is 17.6 Å². The fraction of sp³-hybridized carbons (Fsp3) is 0.545. The number of hydrogen-bond donors (Lipinski definition) is 0. The largest absolute Gasteiger partial charge is 0.452 e. The van der Waals surface area contributed by atoms with Gasteiger partial charge < -0.3 is 4.74 Å². The van der Waals surface area contributed by atoms with Crippen LogP contribution in [0.4, 0.5) is 0 Å². The summed E-state index contributed by atoms with van der Waals surface area (Å²) >= 11 is 5.38. The van der Waals surface area contributed by atoms with Crippen LogP contribution in [0, 0.1) is 11.8 Å². The molecule has 0 unspecified atom stereocenters. The molecule has 0 aliphatic rings. The molecule has 0 bridgehead atoms. The molecule has 0 aromatic rings. The third kappa shape index (κ3) is 9.15. The van der Waals surface area contributed by atoms with Crippen molar-refractivity contribution in [3.8, 4) is 11.8 Å². The van der Waals surface area contributed by atoms with E-state index in [4.69, 9.17) is 16.3 Å². The second-order valence-electron chi connectivity index (χ2n) is 2.63. The molecular formula is C11H15ClO2. The fourth-order valence-corrected chi connectivity index (χ4v) is 0.817. The lowest BCUT2D eigenvalue weighted by Crippen LogP contribution is -2.00. The maximum absolute atomic E-state index is 10.9. The average molecular weight is 215 g/mol. The molecule has 14 heavy (non-hydrogen) atoms. The van der Waals surface area contributed by atoms with Crippen molar-refractivity contribution in [1.82, 2.24) is 0 Å². The molecule has 0 fully saturated rings. The molecule has 0 rings (SSSR count). The van der Waals surface area contributed by atoms with E-state index in [1.807, 2.05) is 0 Å². The van der Waals surface area contributed by atoms with Gasteiger partial charge in [-0.1, -0.05) is 31.4 Å². The number of esters is 1. The highest BCUT2D eigenvalue weighted by Crippen LogP contribution is 1.90. The Morgan fingerprint density at radius 1 is 1.50 bits per heavy atom. The van der Waals surface area contributed by atoms with E-state index >= 15 is 0 Å². The van der Waals surface area contributed by atoms with Gasteiger partial charge in [-0.2, -0.15) is 0 Å². The molecule has 0 aromatic heterocycles. The van der Waals surface area contributed by atoms with E-state index in [0.717, 1.165) is 19.3 Å². The van der Waals surface area contributed by atoms with Crippen LogP contribution in [0.2, 0.25) is 0 Å². The van der Waals surface area contributed by atoms with E-state index in [-0.39, 0.29) is 6.61 Å². The molecule has 0 heterocycles. The molecule has 0 radical (unpaired) electrons. The van der Waals surface area contributed by atoms with Crippen LogP contribution in [0.1, 0.15) is 26.2 Å². The van der Waals surface area contributed by atoms with Crippen LogP contribution in [-0.2, 0) is 9.53 Å². The Kier molecular flexibility index (Phi) is 9.46. The minimum atomic E-state index is -0.472. The van der Waals surface area contributed by atoms with E-state index in [2.05, 4.69) is 18.8 Å². The Bertz CT molecular complexity index is 235. The molecular weight excluding hydrogens is 200 g/mol. The molecule has 78 valence electrons. The van der Waals surface area contributed by atoms with Gasteiger partial charge in [0.05, 0.1) is 0 Å². The van der Waals surface area contributed by atoms with Crippen molar-refractivity contribution in [3.63, 3.8) is 0 Å². The fourth-order valence-electron chi connectivity index (χ4n) is 0.691. The molecule has 0 saturated heterocycles. The predicted molar refractivity (Wildman–Crippen MR) is 58.1 cm³/mol. The summed E-state index contributed by atoms with van der Waals surface area (Å²) in [6.45, 7) is 2.32. The molecule has 0 aliphatic carbocycles. The summed E-state index contributed by atoms with van der Waals surface area (Å²) in [6, 6.07) is 0. The number of alkyl halides is 1. The van der Waals surface area contributed by atoms with Crippen LogP contribution in [0.15, 0.2) is 12.2 Å². The number of rotatable bonds is 5. The summed E-state index contributed by atoms with van der Waals surface area (Å²) in [5.74, 6) is 5.13. The number of ether oxygens (including phenoxy) is 1. The zero-order chi connectivity index (χ0) is 10.6. The van der Waals surface area contributed by atoms with Gasteiger partial charge >= 0.3 is 5.97 Å². The van der Waals surface area contributed by atoms with E-state index in [9.17, 15) is 4.79 Å². The van der Waals surface area contributed by atoms with Gasteiger partial charge in [-0.05, 0) is 6.42 Å². The van der Waals surface area contributed by atoms with Gasteiger partial charge in [-0.3, -0.25) is 0 Å². The predicted octanol–water partition coefficient (Wildman–Crippen LogP) is 2.52. The monoisotopic (exact) mass is 214 g/mol. The molecule has 0 aromatic carbocycles. The lowest BCUT2D eigenvalue weighted by Gasteiger charge is -1.92. The van der Waals surface area contributed by atoms with E-state index < -0.39 is 5.97 Å². The van der Waals surface area contributed by atoms with Crippen LogP contribution in [0.3, 0.4) is 0 Å². The number of carbonyl (C=O) groups is 1. The first-order valence-corrected chi connectivity index (χ1v) is 5.21. The smallest absolute Gasteiger partial charge is 0.384 e. The topological polar surface area (TPSA) is 26.3 Å². The highest BCUT2D eigenvalue weighted by atomic mass is 35.5. The molecule has 0 saturated carbocycles. The van der Waals surface area contributed by atoms with E-state index in [1.165, 1.54) is 0 Å². The van der Waals surface area contributed by atoms with Crippen LogP contribution in [0.5, 0.6) is 0 Å². The van der Waals surface area contributed by atoms with Gasteiger partial charge in [0, 0.05) is 18.2 Å². The molecule has 0 atom stereocenters. The summed E-state index contributed by atoms with van der Waals surface area (Å²) in [6.07, 6.45) is 6.27. The second kappa shape index (κ2) is 10.1. The molecule has 2 nitrogen and oxygen atoms in total. The molecule has 0 aliphatic heterocycles. The van der Waals surface area contributed by atoms with Crippen LogP contribution in [0.25, 0.3) is 0 Å². The van der Waals surface area contributed by atoms with Gasteiger partial charge in [0.1, 0.15) is 6.61 Å². The van der Waals surface area contributed by atoms with Crippen LogP contribution in [-0.4, -0.2) is 18.5 Å². The minimum absolute atomic E-state index is 0.244. The highest BCUT2D eigenvalue weighted by Gasteiger charge is 1.92. The van der Waals surface area contributed by atoms with Crippen molar-refractivity contribution in [3.05, 3.63) is 12.2 Å². The Morgan fingerprint density at radius 2 is 2.29 bits per heavy atom. The first-order valence-electron chi connectivity index (χ1n) is 4.67. The van der Waals surface area contributed by atoms with Crippen molar-refractivity contribution in [2.45, 2.75) is 26.2 Å². The number of carbonyl (C=O) groups excluding carboxylic acids is 1. The van der Waals surface area contributed by atoms with Crippen molar-refractivity contribution in [2.24, 2.45) is 0 Å². The summed E-state index contributed by atoms with van der Waals surface area (Å²) in [7, 11) is 0. The first kappa shape index (κ1) is 13.1. The zero-order valence-corrected chi connectivity index (χ0v) is 9.14. The third-order valence-corrected chi connectivity index (χ3v) is 1.59. The normalized spacial score (nSPS) is 9.57. The summed E-state index contributed by atoms with van der Waals surface area (Å²) in [4.78, 5) is 10.9. The standard InChI is InChI=1S/C11H15ClO2/c1-2-3-4-5-8-11(13)14-10-7-6-9-12/h6-7H,2-4,9-10H2,1H3/b7-6-. The lowest BCUT2D eigenvalue weighted by atomic mass is 10.2. The number of halogens is 1. The SMILES string of the molecule is CCCCC#CC(=O)OC/C=C\CCl. The Hall–Kier alpha value is -0.940. The second-order valence-corrected chi connectivity index (χ2v) is 2.94. The molecule has 0 N–H and O–H groups in total. The van der Waals surface area contributed by atoms with Gasteiger partial charge in [0.2, 0.25) is 0 Å². The van der Waals surface area contributed by atoms with E-state index in [1.54, 1.807) is 12.2 Å². The molecule has 0 spiro atoms. The molecule has 3 heteroatoms. The van der Waals surface area contributed by atoms with Crippen LogP contribution >= 0.6 is 11.6 Å². The molecule has 0 amide bonds. The maximum atomic E-state index is 10.9. The number of allylic oxidation sites excluding steroid dienone is 1. The zero-order valence-electron chi connectivity index (χ0n) is 8.38. The van der Waals surface area contributed by atoms with Gasteiger partial charge in [-0.15, -0.1) is 11.6 Å². The summed E-state index contributed by atoms with van der Waals surface area (Å²) in [5.41, 5.74) is 0. The van der Waals surface area contributed by atoms with Crippen molar-refractivity contribution < 1.29 is 9.53 Å². The van der Waals surface area contributed by atoms with E-state index in [0.29, 0.717) is 5.88 Å². The van der Waals surface area contributed by atoms with Gasteiger partial charge in [0.15, 0.2) is 0 Å². The summed E-state index contributed by atoms with van der Waals surface area (Å²) < 4.78 is 4.77. The average Bonchev–Trinajstić information content (AvgIpc) is 2.19. The number of unbranched alkanes of at least 4 members (excludes halogenated alkanes) is 2.